The van der Waals surface area contributed by atoms with Gasteiger partial charge in [0.05, 0.1) is 17.4 Å². The molecule has 2 bridgehead atoms. The average molecular weight is 441 g/mol. The van der Waals surface area contributed by atoms with E-state index < -0.39 is 0 Å². The minimum absolute atomic E-state index is 0.213. The van der Waals surface area contributed by atoms with Crippen LogP contribution in [-0.2, 0) is 7.05 Å². The van der Waals surface area contributed by atoms with Gasteiger partial charge in [-0.1, -0.05) is 0 Å². The number of pyridine rings is 3. The van der Waals surface area contributed by atoms with Gasteiger partial charge in [-0.15, -0.1) is 0 Å². The Morgan fingerprint density at radius 1 is 1.06 bits per heavy atom. The Labute approximate surface area is 191 Å². The van der Waals surface area contributed by atoms with Crippen LogP contribution in [0.4, 0.5) is 11.6 Å². The number of aromatic nitrogens is 5. The lowest BCUT2D eigenvalue weighted by atomic mass is 10.2. The highest BCUT2D eigenvalue weighted by atomic mass is 16.1. The third kappa shape index (κ3) is 3.60. The van der Waals surface area contributed by atoms with Gasteiger partial charge in [0.15, 0.2) is 0 Å². The zero-order valence-electron chi connectivity index (χ0n) is 18.5. The van der Waals surface area contributed by atoms with Gasteiger partial charge in [-0.25, -0.2) is 15.0 Å². The molecule has 2 unspecified atom stereocenters. The first-order chi connectivity index (χ1) is 16.0. The molecular weight excluding hydrogens is 416 g/mol. The first-order valence-electron chi connectivity index (χ1n) is 11.0. The molecule has 2 saturated heterocycles. The molecule has 0 aromatic carbocycles. The van der Waals surface area contributed by atoms with E-state index in [9.17, 15) is 4.79 Å². The summed E-state index contributed by atoms with van der Waals surface area (Å²) in [6.07, 6.45) is 8.28. The van der Waals surface area contributed by atoms with Gasteiger partial charge in [-0.05, 0) is 37.7 Å². The number of aryl methyl sites for hydroxylation is 1. The second-order valence-electron chi connectivity index (χ2n) is 8.85. The molecule has 9 nitrogen and oxygen atoms in total. The van der Waals surface area contributed by atoms with Crippen molar-refractivity contribution in [3.8, 4) is 11.3 Å². The fraction of sp³-hybridized carbons (Fsp3) is 0.292. The molecule has 2 fully saturated rings. The maximum absolute atomic E-state index is 13.0. The van der Waals surface area contributed by atoms with Crippen LogP contribution >= 0.6 is 0 Å². The van der Waals surface area contributed by atoms with Gasteiger partial charge < -0.3 is 10.2 Å². The van der Waals surface area contributed by atoms with Gasteiger partial charge >= 0.3 is 0 Å². The summed E-state index contributed by atoms with van der Waals surface area (Å²) in [5, 5.41) is 8.03. The number of nitrogens with one attached hydrogen (secondary N) is 1. The number of amides is 1. The number of likely N-dealkylation sites (N-methyl/N-ethyl adjacent to an activating group) is 1. The summed E-state index contributed by atoms with van der Waals surface area (Å²) in [4.78, 5) is 31.4. The fourth-order valence-electron chi connectivity index (χ4n) is 4.85. The molecule has 1 N–H and O–H groups in total. The van der Waals surface area contributed by atoms with Crippen molar-refractivity contribution in [2.24, 2.45) is 7.05 Å². The van der Waals surface area contributed by atoms with Crippen LogP contribution in [0.5, 0.6) is 0 Å². The number of piperazine rings is 1. The molecule has 33 heavy (non-hydrogen) atoms. The number of fused-ring (bicyclic) bond motifs is 3. The minimum atomic E-state index is -0.213. The van der Waals surface area contributed by atoms with Crippen LogP contribution in [0.1, 0.15) is 16.8 Å². The van der Waals surface area contributed by atoms with Crippen LogP contribution in [0.2, 0.25) is 0 Å². The molecule has 0 aliphatic carbocycles. The SMILES string of the molecule is CN1CC2CC1CN2c1cc(C(=O)Nc2cc3nc(-c4cnn(C)c4)ccc3cn2)ccn1. The first kappa shape index (κ1) is 19.8. The molecule has 2 aliphatic rings. The summed E-state index contributed by atoms with van der Waals surface area (Å²) in [7, 11) is 4.05. The quantitative estimate of drug-likeness (QED) is 0.521. The van der Waals surface area contributed by atoms with Crippen LogP contribution in [-0.4, -0.2) is 67.8 Å². The van der Waals surface area contributed by atoms with Crippen molar-refractivity contribution in [2.45, 2.75) is 18.5 Å². The predicted molar refractivity (Wildman–Crippen MR) is 126 cm³/mol. The number of nitrogens with zero attached hydrogens (tertiary/aromatic N) is 7. The number of carbonyl (C=O) groups is 1. The molecule has 0 saturated carbocycles. The average Bonchev–Trinajstić information content (AvgIpc) is 3.54. The summed E-state index contributed by atoms with van der Waals surface area (Å²) >= 11 is 0. The second-order valence-corrected chi connectivity index (χ2v) is 8.85. The van der Waals surface area contributed by atoms with Crippen LogP contribution in [0.15, 0.2) is 55.1 Å². The Morgan fingerprint density at radius 3 is 2.73 bits per heavy atom. The molecule has 166 valence electrons. The monoisotopic (exact) mass is 440 g/mol. The molecule has 4 aromatic rings. The van der Waals surface area contributed by atoms with Crippen LogP contribution in [0, 0.1) is 0 Å². The predicted octanol–water partition coefficient (Wildman–Crippen LogP) is 2.57. The van der Waals surface area contributed by atoms with Crippen molar-refractivity contribution >= 4 is 28.4 Å². The lowest BCUT2D eigenvalue weighted by Crippen LogP contribution is -2.44. The molecule has 0 radical (unpaired) electrons. The van der Waals surface area contributed by atoms with Gasteiger partial charge in [-0.3, -0.25) is 14.4 Å². The molecular formula is C24H24N8O. The van der Waals surface area contributed by atoms with E-state index in [4.69, 9.17) is 4.98 Å². The number of hydrogen-bond acceptors (Lipinski definition) is 7. The van der Waals surface area contributed by atoms with E-state index in [0.29, 0.717) is 23.5 Å². The normalized spacial score (nSPS) is 20.0. The molecule has 9 heteroatoms. The minimum Gasteiger partial charge on any atom is -0.351 e. The highest BCUT2D eigenvalue weighted by Crippen LogP contribution is 2.33. The Balaban J connectivity index is 1.23. The van der Waals surface area contributed by atoms with E-state index in [1.807, 2.05) is 31.4 Å². The summed E-state index contributed by atoms with van der Waals surface area (Å²) in [6, 6.07) is 10.4. The number of rotatable bonds is 4. The molecule has 2 aliphatic heterocycles. The molecule has 0 spiro atoms. The van der Waals surface area contributed by atoms with Crippen molar-refractivity contribution in [1.29, 1.82) is 0 Å². The molecule has 1 amide bonds. The number of carbonyl (C=O) groups excluding carboxylic acids is 1. The molecule has 6 heterocycles. The third-order valence-electron chi connectivity index (χ3n) is 6.63. The van der Waals surface area contributed by atoms with Gasteiger partial charge in [0.1, 0.15) is 11.6 Å². The van der Waals surface area contributed by atoms with E-state index in [-0.39, 0.29) is 5.91 Å². The zero-order valence-corrected chi connectivity index (χ0v) is 18.5. The van der Waals surface area contributed by atoms with E-state index in [2.05, 4.69) is 37.2 Å². The van der Waals surface area contributed by atoms with Crippen LogP contribution < -0.4 is 10.2 Å². The van der Waals surface area contributed by atoms with Crippen molar-refractivity contribution in [3.63, 3.8) is 0 Å². The largest absolute Gasteiger partial charge is 0.351 e. The molecule has 6 rings (SSSR count). The maximum Gasteiger partial charge on any atom is 0.257 e. The van der Waals surface area contributed by atoms with E-state index in [1.165, 1.54) is 0 Å². The zero-order chi connectivity index (χ0) is 22.5. The van der Waals surface area contributed by atoms with E-state index in [1.54, 1.807) is 35.4 Å². The first-order valence-corrected chi connectivity index (χ1v) is 11.0. The van der Waals surface area contributed by atoms with E-state index >= 15 is 0 Å². The summed E-state index contributed by atoms with van der Waals surface area (Å²) in [6.45, 7) is 1.99. The van der Waals surface area contributed by atoms with Crippen LogP contribution in [0.25, 0.3) is 22.2 Å². The Kier molecular flexibility index (Phi) is 4.58. The van der Waals surface area contributed by atoms with Crippen LogP contribution in [0.3, 0.4) is 0 Å². The molecule has 4 aromatic heterocycles. The van der Waals surface area contributed by atoms with Gasteiger partial charge in [-0.2, -0.15) is 5.10 Å². The van der Waals surface area contributed by atoms with Crippen molar-refractivity contribution in [2.75, 3.05) is 30.4 Å². The second kappa shape index (κ2) is 7.63. The summed E-state index contributed by atoms with van der Waals surface area (Å²) in [5.41, 5.74) is 3.08. The lowest BCUT2D eigenvalue weighted by Gasteiger charge is -2.32. The topological polar surface area (TPSA) is 92.1 Å². The lowest BCUT2D eigenvalue weighted by molar-refractivity contribution is 0.102. The van der Waals surface area contributed by atoms with Gasteiger partial charge in [0.2, 0.25) is 0 Å². The Hall–Kier alpha value is -3.85. The van der Waals surface area contributed by atoms with Gasteiger partial charge in [0.25, 0.3) is 5.91 Å². The van der Waals surface area contributed by atoms with Crippen molar-refractivity contribution < 1.29 is 4.79 Å². The fourth-order valence-corrected chi connectivity index (χ4v) is 4.85. The number of anilines is 2. The maximum atomic E-state index is 13.0. The number of hydrogen-bond donors (Lipinski definition) is 1. The standard InChI is InChI=1S/C24H24N8O/c1-30-13-19-8-18(30)14-32(19)23-7-15(5-6-25-23)24(33)29-22-9-21-16(10-26-22)3-4-20(28-21)17-11-27-31(2)12-17/h3-7,9-12,18-19H,8,13-14H2,1-2H3,(H,26,29,33). The Morgan fingerprint density at radius 2 is 1.97 bits per heavy atom. The van der Waals surface area contributed by atoms with Crippen molar-refractivity contribution in [3.05, 3.63) is 60.7 Å². The number of likely N-dealkylation sites (tertiary alicyclic amines) is 1. The molecule has 2 atom stereocenters. The van der Waals surface area contributed by atoms with E-state index in [0.717, 1.165) is 47.5 Å². The highest BCUT2D eigenvalue weighted by Gasteiger charge is 2.41. The summed E-state index contributed by atoms with van der Waals surface area (Å²) in [5.74, 6) is 1.11. The Bertz CT molecular complexity index is 1360. The van der Waals surface area contributed by atoms with Gasteiger partial charge in [0, 0.05) is 73.4 Å². The highest BCUT2D eigenvalue weighted by molar-refractivity contribution is 6.04. The summed E-state index contributed by atoms with van der Waals surface area (Å²) < 4.78 is 1.74. The third-order valence-corrected chi connectivity index (χ3v) is 6.63. The smallest absolute Gasteiger partial charge is 0.257 e. The van der Waals surface area contributed by atoms with Crippen molar-refractivity contribution in [1.82, 2.24) is 29.6 Å².